The van der Waals surface area contributed by atoms with Crippen LogP contribution >= 0.6 is 0 Å². The molecule has 2 fully saturated rings. The molecule has 2 aliphatic rings. The van der Waals surface area contributed by atoms with Crippen LogP contribution in [-0.4, -0.2) is 49.0 Å². The zero-order chi connectivity index (χ0) is 12.5. The van der Waals surface area contributed by atoms with Crippen LogP contribution in [-0.2, 0) is 4.74 Å². The average Bonchev–Trinajstić information content (AvgIpc) is 3.19. The third-order valence-corrected chi connectivity index (χ3v) is 4.18. The van der Waals surface area contributed by atoms with E-state index in [-0.39, 0.29) is 12.2 Å². The van der Waals surface area contributed by atoms with Crippen molar-refractivity contribution in [1.82, 2.24) is 4.90 Å². The van der Waals surface area contributed by atoms with Crippen LogP contribution in [0.5, 0.6) is 0 Å². The lowest BCUT2D eigenvalue weighted by atomic mass is 10.0. The van der Waals surface area contributed by atoms with Gasteiger partial charge in [0.25, 0.3) is 0 Å². The molecule has 1 aliphatic carbocycles. The molecule has 0 aromatic heterocycles. The largest absolute Gasteiger partial charge is 0.390 e. The zero-order valence-electron chi connectivity index (χ0n) is 10.8. The van der Waals surface area contributed by atoms with Crippen molar-refractivity contribution < 1.29 is 9.84 Å². The molecule has 3 heteroatoms. The van der Waals surface area contributed by atoms with Crippen molar-refractivity contribution >= 4 is 0 Å². The first-order chi connectivity index (χ1) is 8.75. The van der Waals surface area contributed by atoms with Crippen molar-refractivity contribution in [3.8, 4) is 0 Å². The standard InChI is InChI=1S/C15H21NO2/c1-16-7-8-18-14(10-16)15(17)13-9-12(13)11-5-3-2-4-6-11/h2-6,12-15,17H,7-10H2,1H3. The molecular weight excluding hydrogens is 226 g/mol. The Kier molecular flexibility index (Phi) is 3.37. The fourth-order valence-corrected chi connectivity index (χ4v) is 2.97. The molecule has 1 aromatic carbocycles. The van der Waals surface area contributed by atoms with Gasteiger partial charge < -0.3 is 14.7 Å². The van der Waals surface area contributed by atoms with Crippen molar-refractivity contribution in [3.63, 3.8) is 0 Å². The molecule has 0 bridgehead atoms. The molecule has 1 aromatic rings. The van der Waals surface area contributed by atoms with Gasteiger partial charge in [0.2, 0.25) is 0 Å². The second-order valence-corrected chi connectivity index (χ2v) is 5.58. The molecule has 0 spiro atoms. The van der Waals surface area contributed by atoms with Crippen LogP contribution in [0.1, 0.15) is 17.9 Å². The molecule has 18 heavy (non-hydrogen) atoms. The Labute approximate surface area is 108 Å². The number of aliphatic hydroxyl groups excluding tert-OH is 1. The molecule has 3 rings (SSSR count). The van der Waals surface area contributed by atoms with E-state index >= 15 is 0 Å². The quantitative estimate of drug-likeness (QED) is 0.878. The SMILES string of the molecule is CN1CCOC(C(O)C2CC2c2ccccc2)C1. The molecule has 98 valence electrons. The highest BCUT2D eigenvalue weighted by Crippen LogP contribution is 2.50. The van der Waals surface area contributed by atoms with Crippen LogP contribution < -0.4 is 0 Å². The number of nitrogens with zero attached hydrogens (tertiary/aromatic N) is 1. The van der Waals surface area contributed by atoms with E-state index in [1.54, 1.807) is 0 Å². The summed E-state index contributed by atoms with van der Waals surface area (Å²) in [6.45, 7) is 2.55. The van der Waals surface area contributed by atoms with E-state index in [1.807, 2.05) is 6.07 Å². The minimum absolute atomic E-state index is 0.0116. The van der Waals surface area contributed by atoms with Crippen LogP contribution in [0.3, 0.4) is 0 Å². The summed E-state index contributed by atoms with van der Waals surface area (Å²) in [7, 11) is 2.09. The highest BCUT2D eigenvalue weighted by molar-refractivity contribution is 5.26. The number of hydrogen-bond donors (Lipinski definition) is 1. The van der Waals surface area contributed by atoms with E-state index in [9.17, 15) is 5.11 Å². The Morgan fingerprint density at radius 2 is 2.11 bits per heavy atom. The van der Waals surface area contributed by atoms with Gasteiger partial charge >= 0.3 is 0 Å². The lowest BCUT2D eigenvalue weighted by molar-refractivity contribution is -0.0899. The summed E-state index contributed by atoms with van der Waals surface area (Å²) < 4.78 is 5.70. The summed E-state index contributed by atoms with van der Waals surface area (Å²) in [5.41, 5.74) is 1.35. The van der Waals surface area contributed by atoms with Crippen molar-refractivity contribution in [2.75, 3.05) is 26.7 Å². The summed E-state index contributed by atoms with van der Waals surface area (Å²) in [4.78, 5) is 2.23. The molecule has 3 nitrogen and oxygen atoms in total. The molecule has 1 saturated carbocycles. The van der Waals surface area contributed by atoms with E-state index in [0.29, 0.717) is 11.8 Å². The predicted molar refractivity (Wildman–Crippen MR) is 70.5 cm³/mol. The highest BCUT2D eigenvalue weighted by Gasteiger charge is 2.46. The van der Waals surface area contributed by atoms with Gasteiger partial charge in [-0.2, -0.15) is 0 Å². The molecule has 1 aliphatic heterocycles. The Morgan fingerprint density at radius 1 is 1.33 bits per heavy atom. The van der Waals surface area contributed by atoms with Gasteiger partial charge in [0.05, 0.1) is 18.8 Å². The fourth-order valence-electron chi connectivity index (χ4n) is 2.97. The Hall–Kier alpha value is -0.900. The number of likely N-dealkylation sites (N-methyl/N-ethyl adjacent to an activating group) is 1. The molecule has 1 saturated heterocycles. The van der Waals surface area contributed by atoms with Crippen LogP contribution in [0, 0.1) is 5.92 Å². The van der Waals surface area contributed by atoms with Gasteiger partial charge in [-0.1, -0.05) is 30.3 Å². The minimum Gasteiger partial charge on any atom is -0.390 e. The summed E-state index contributed by atoms with van der Waals surface area (Å²) in [5, 5.41) is 10.4. The normalized spacial score (nSPS) is 34.2. The third kappa shape index (κ3) is 2.44. The highest BCUT2D eigenvalue weighted by atomic mass is 16.5. The number of hydrogen-bond acceptors (Lipinski definition) is 3. The predicted octanol–water partition coefficient (Wildman–Crippen LogP) is 1.48. The van der Waals surface area contributed by atoms with Crippen LogP contribution in [0.4, 0.5) is 0 Å². The van der Waals surface area contributed by atoms with Crippen LogP contribution in [0.2, 0.25) is 0 Å². The molecule has 1 N–H and O–H groups in total. The van der Waals surface area contributed by atoms with Gasteiger partial charge in [0.1, 0.15) is 0 Å². The van der Waals surface area contributed by atoms with Gasteiger partial charge in [-0.3, -0.25) is 0 Å². The van der Waals surface area contributed by atoms with E-state index in [0.717, 1.165) is 26.1 Å². The third-order valence-electron chi connectivity index (χ3n) is 4.18. The maximum absolute atomic E-state index is 10.4. The molecule has 1 heterocycles. The number of aliphatic hydroxyl groups is 1. The first-order valence-electron chi connectivity index (χ1n) is 6.79. The lowest BCUT2D eigenvalue weighted by Gasteiger charge is -2.33. The maximum Gasteiger partial charge on any atom is 0.0963 e. The van der Waals surface area contributed by atoms with Crippen LogP contribution in [0.25, 0.3) is 0 Å². The number of benzene rings is 1. The van der Waals surface area contributed by atoms with Gasteiger partial charge in [0, 0.05) is 13.1 Å². The maximum atomic E-state index is 10.4. The second-order valence-electron chi connectivity index (χ2n) is 5.58. The smallest absolute Gasteiger partial charge is 0.0963 e. The van der Waals surface area contributed by atoms with Crippen molar-refractivity contribution in [2.24, 2.45) is 5.92 Å². The minimum atomic E-state index is -0.321. The van der Waals surface area contributed by atoms with E-state index in [4.69, 9.17) is 4.74 Å². The summed E-state index contributed by atoms with van der Waals surface area (Å²) >= 11 is 0. The molecule has 4 unspecified atom stereocenters. The summed E-state index contributed by atoms with van der Waals surface area (Å²) in [6.07, 6.45) is 0.759. The van der Waals surface area contributed by atoms with Crippen LogP contribution in [0.15, 0.2) is 30.3 Å². The van der Waals surface area contributed by atoms with E-state index in [1.165, 1.54) is 5.56 Å². The molecule has 0 radical (unpaired) electrons. The van der Waals surface area contributed by atoms with Crippen molar-refractivity contribution in [3.05, 3.63) is 35.9 Å². The Bertz CT molecular complexity index is 395. The van der Waals surface area contributed by atoms with Crippen molar-refractivity contribution in [2.45, 2.75) is 24.5 Å². The fraction of sp³-hybridized carbons (Fsp3) is 0.600. The topological polar surface area (TPSA) is 32.7 Å². The monoisotopic (exact) mass is 247 g/mol. The Morgan fingerprint density at radius 3 is 2.83 bits per heavy atom. The van der Waals surface area contributed by atoms with Gasteiger partial charge in [-0.25, -0.2) is 0 Å². The van der Waals surface area contributed by atoms with E-state index < -0.39 is 0 Å². The van der Waals surface area contributed by atoms with Crippen molar-refractivity contribution in [1.29, 1.82) is 0 Å². The molecule has 4 atom stereocenters. The average molecular weight is 247 g/mol. The van der Waals surface area contributed by atoms with Gasteiger partial charge in [-0.15, -0.1) is 0 Å². The summed E-state index contributed by atoms with van der Waals surface area (Å²) in [5.74, 6) is 0.904. The first-order valence-corrected chi connectivity index (χ1v) is 6.79. The summed E-state index contributed by atoms with van der Waals surface area (Å²) in [6, 6.07) is 10.5. The molecular formula is C15H21NO2. The lowest BCUT2D eigenvalue weighted by Crippen LogP contribution is -2.46. The number of ether oxygens (including phenoxy) is 1. The second kappa shape index (κ2) is 5.00. The first kappa shape index (κ1) is 12.2. The van der Waals surface area contributed by atoms with E-state index in [2.05, 4.69) is 36.2 Å². The van der Waals surface area contributed by atoms with Gasteiger partial charge in [0.15, 0.2) is 0 Å². The number of rotatable bonds is 3. The Balaban J connectivity index is 1.60. The molecule has 0 amide bonds. The zero-order valence-corrected chi connectivity index (χ0v) is 10.8. The number of morpholine rings is 1. The van der Waals surface area contributed by atoms with Gasteiger partial charge in [-0.05, 0) is 30.9 Å².